The lowest BCUT2D eigenvalue weighted by molar-refractivity contribution is 0.718. The Labute approximate surface area is 128 Å². The van der Waals surface area contributed by atoms with E-state index in [1.807, 2.05) is 36.4 Å². The number of nitrogens with one attached hydrogen (secondary N) is 1. The monoisotopic (exact) mass is 311 g/mol. The van der Waals surface area contributed by atoms with Crippen molar-refractivity contribution in [1.82, 2.24) is 5.32 Å². The van der Waals surface area contributed by atoms with Crippen LogP contribution in [0.15, 0.2) is 52.3 Å². The first-order chi connectivity index (χ1) is 9.19. The van der Waals surface area contributed by atoms with Crippen LogP contribution >= 0.6 is 35.0 Å². The van der Waals surface area contributed by atoms with E-state index in [1.54, 1.807) is 11.8 Å². The molecular formula is C15H15Cl2NS. The molecule has 4 heteroatoms. The van der Waals surface area contributed by atoms with Gasteiger partial charge < -0.3 is 5.32 Å². The summed E-state index contributed by atoms with van der Waals surface area (Å²) in [6.45, 7) is 3.90. The molecule has 19 heavy (non-hydrogen) atoms. The van der Waals surface area contributed by atoms with E-state index in [4.69, 9.17) is 23.2 Å². The highest BCUT2D eigenvalue weighted by Gasteiger charge is 2.05. The molecule has 0 amide bonds. The normalized spacial score (nSPS) is 10.7. The second-order valence-electron chi connectivity index (χ2n) is 4.09. The quantitative estimate of drug-likeness (QED) is 0.809. The number of hydrogen-bond donors (Lipinski definition) is 1. The van der Waals surface area contributed by atoms with E-state index in [0.717, 1.165) is 28.0 Å². The number of benzene rings is 2. The molecule has 0 saturated carbocycles. The Kier molecular flexibility index (Phi) is 5.59. The van der Waals surface area contributed by atoms with Gasteiger partial charge in [-0.3, -0.25) is 0 Å². The largest absolute Gasteiger partial charge is 0.313 e. The van der Waals surface area contributed by atoms with Crippen molar-refractivity contribution in [2.24, 2.45) is 0 Å². The summed E-state index contributed by atoms with van der Waals surface area (Å²) in [6.07, 6.45) is 0. The second-order valence-corrected chi connectivity index (χ2v) is 6.08. The predicted molar refractivity (Wildman–Crippen MR) is 84.4 cm³/mol. The van der Waals surface area contributed by atoms with Crippen LogP contribution in [0, 0.1) is 0 Å². The second kappa shape index (κ2) is 7.20. The smallest absolute Gasteiger partial charge is 0.0417 e. The van der Waals surface area contributed by atoms with Crippen molar-refractivity contribution in [2.45, 2.75) is 23.3 Å². The van der Waals surface area contributed by atoms with Gasteiger partial charge in [-0.25, -0.2) is 0 Å². The lowest BCUT2D eigenvalue weighted by Gasteiger charge is -2.10. The Morgan fingerprint density at radius 2 is 1.68 bits per heavy atom. The zero-order valence-electron chi connectivity index (χ0n) is 10.6. The van der Waals surface area contributed by atoms with Crippen LogP contribution in [0.4, 0.5) is 0 Å². The first-order valence-corrected chi connectivity index (χ1v) is 7.69. The third-order valence-electron chi connectivity index (χ3n) is 2.64. The van der Waals surface area contributed by atoms with E-state index in [2.05, 4.69) is 18.3 Å². The Bertz CT molecular complexity index is 540. The van der Waals surface area contributed by atoms with Gasteiger partial charge in [-0.15, -0.1) is 0 Å². The minimum Gasteiger partial charge on any atom is -0.313 e. The maximum Gasteiger partial charge on any atom is 0.0417 e. The fourth-order valence-corrected chi connectivity index (χ4v) is 3.00. The van der Waals surface area contributed by atoms with Gasteiger partial charge in [-0.1, -0.05) is 48.0 Å². The van der Waals surface area contributed by atoms with Crippen molar-refractivity contribution in [3.8, 4) is 0 Å². The molecule has 0 aliphatic heterocycles. The lowest BCUT2D eigenvalue weighted by Crippen LogP contribution is -2.12. The molecule has 0 atom stereocenters. The van der Waals surface area contributed by atoms with E-state index >= 15 is 0 Å². The predicted octanol–water partition coefficient (Wildman–Crippen LogP) is 5.25. The highest BCUT2D eigenvalue weighted by molar-refractivity contribution is 7.99. The molecule has 100 valence electrons. The van der Waals surface area contributed by atoms with Gasteiger partial charge in [0.05, 0.1) is 0 Å². The number of rotatable bonds is 5. The van der Waals surface area contributed by atoms with Gasteiger partial charge in [-0.2, -0.15) is 0 Å². The van der Waals surface area contributed by atoms with Crippen LogP contribution in [-0.2, 0) is 6.54 Å². The van der Waals surface area contributed by atoms with Crippen molar-refractivity contribution in [3.05, 3.63) is 58.1 Å². The molecule has 0 unspecified atom stereocenters. The highest BCUT2D eigenvalue weighted by atomic mass is 35.5. The van der Waals surface area contributed by atoms with Gasteiger partial charge in [0, 0.05) is 26.4 Å². The lowest BCUT2D eigenvalue weighted by atomic mass is 10.2. The third kappa shape index (κ3) is 4.43. The molecule has 2 aromatic carbocycles. The topological polar surface area (TPSA) is 12.0 Å². The summed E-state index contributed by atoms with van der Waals surface area (Å²) < 4.78 is 0. The number of halogens is 2. The maximum absolute atomic E-state index is 6.09. The van der Waals surface area contributed by atoms with Gasteiger partial charge in [0.1, 0.15) is 0 Å². The molecule has 0 aliphatic carbocycles. The molecule has 0 aromatic heterocycles. The van der Waals surface area contributed by atoms with Gasteiger partial charge >= 0.3 is 0 Å². The summed E-state index contributed by atoms with van der Waals surface area (Å²) in [4.78, 5) is 2.33. The molecule has 0 fully saturated rings. The summed E-state index contributed by atoms with van der Waals surface area (Å²) in [5.74, 6) is 0. The molecule has 0 spiro atoms. The maximum atomic E-state index is 6.09. The summed E-state index contributed by atoms with van der Waals surface area (Å²) in [5, 5.41) is 4.86. The molecule has 2 rings (SSSR count). The molecular weight excluding hydrogens is 297 g/mol. The zero-order valence-corrected chi connectivity index (χ0v) is 12.9. The average Bonchev–Trinajstić information content (AvgIpc) is 2.40. The minimum absolute atomic E-state index is 0.753. The van der Waals surface area contributed by atoms with Crippen LogP contribution in [0.2, 0.25) is 10.0 Å². The van der Waals surface area contributed by atoms with Crippen LogP contribution in [0.1, 0.15) is 12.5 Å². The molecule has 0 aliphatic rings. The van der Waals surface area contributed by atoms with Crippen molar-refractivity contribution in [3.63, 3.8) is 0 Å². The van der Waals surface area contributed by atoms with E-state index < -0.39 is 0 Å². The Balaban J connectivity index is 2.22. The first-order valence-electron chi connectivity index (χ1n) is 6.11. The average molecular weight is 312 g/mol. The molecule has 1 N–H and O–H groups in total. The van der Waals surface area contributed by atoms with E-state index in [1.165, 1.54) is 10.5 Å². The van der Waals surface area contributed by atoms with Crippen LogP contribution in [0.5, 0.6) is 0 Å². The van der Waals surface area contributed by atoms with Crippen molar-refractivity contribution in [2.75, 3.05) is 6.54 Å². The summed E-state index contributed by atoms with van der Waals surface area (Å²) >= 11 is 13.7. The Morgan fingerprint density at radius 1 is 1.00 bits per heavy atom. The third-order valence-corrected chi connectivity index (χ3v) is 4.23. The standard InChI is InChI=1S/C15H15Cl2NS/c1-2-18-10-11-3-4-13(17)9-15(11)19-14-7-5-12(16)6-8-14/h3-9,18H,2,10H2,1H3. The fraction of sp³-hybridized carbons (Fsp3) is 0.200. The van der Waals surface area contributed by atoms with Crippen molar-refractivity contribution >= 4 is 35.0 Å². The Hall–Kier alpha value is -0.670. The molecule has 0 radical (unpaired) electrons. The van der Waals surface area contributed by atoms with Crippen LogP contribution in [0.25, 0.3) is 0 Å². The van der Waals surface area contributed by atoms with E-state index in [0.29, 0.717) is 0 Å². The minimum atomic E-state index is 0.753. The van der Waals surface area contributed by atoms with Crippen LogP contribution in [-0.4, -0.2) is 6.54 Å². The zero-order chi connectivity index (χ0) is 13.7. The first kappa shape index (κ1) is 14.7. The molecule has 1 nitrogen and oxygen atoms in total. The van der Waals surface area contributed by atoms with Crippen LogP contribution < -0.4 is 5.32 Å². The van der Waals surface area contributed by atoms with Gasteiger partial charge in [0.2, 0.25) is 0 Å². The molecule has 2 aromatic rings. The van der Waals surface area contributed by atoms with Crippen LogP contribution in [0.3, 0.4) is 0 Å². The molecule has 0 heterocycles. The SMILES string of the molecule is CCNCc1ccc(Cl)cc1Sc1ccc(Cl)cc1. The van der Waals surface area contributed by atoms with Crippen molar-refractivity contribution in [1.29, 1.82) is 0 Å². The number of hydrogen-bond acceptors (Lipinski definition) is 2. The summed E-state index contributed by atoms with van der Waals surface area (Å²) in [7, 11) is 0. The van der Waals surface area contributed by atoms with Gasteiger partial charge in [0.25, 0.3) is 0 Å². The fourth-order valence-electron chi connectivity index (χ4n) is 1.66. The Morgan fingerprint density at radius 3 is 2.37 bits per heavy atom. The molecule has 0 saturated heterocycles. The van der Waals surface area contributed by atoms with Gasteiger partial charge in [-0.05, 0) is 48.5 Å². The highest BCUT2D eigenvalue weighted by Crippen LogP contribution is 2.33. The summed E-state index contributed by atoms with van der Waals surface area (Å²) in [6, 6.07) is 13.9. The summed E-state index contributed by atoms with van der Waals surface area (Å²) in [5.41, 5.74) is 1.26. The van der Waals surface area contributed by atoms with Crippen molar-refractivity contribution < 1.29 is 0 Å². The van der Waals surface area contributed by atoms with Gasteiger partial charge in [0.15, 0.2) is 0 Å². The van der Waals surface area contributed by atoms with E-state index in [-0.39, 0.29) is 0 Å². The molecule has 0 bridgehead atoms. The van der Waals surface area contributed by atoms with E-state index in [9.17, 15) is 0 Å².